The summed E-state index contributed by atoms with van der Waals surface area (Å²) in [5.41, 5.74) is 2.07. The molecule has 1 aromatic carbocycles. The molecule has 0 N–H and O–H groups in total. The largest absolute Gasteiger partial charge is 0.381 e. The van der Waals surface area contributed by atoms with Crippen LogP contribution in [0.15, 0.2) is 24.3 Å². The summed E-state index contributed by atoms with van der Waals surface area (Å²) in [7, 11) is 0. The third-order valence-corrected chi connectivity index (χ3v) is 6.26. The molecule has 3 aliphatic heterocycles. The normalized spacial score (nSPS) is 27.3. The summed E-state index contributed by atoms with van der Waals surface area (Å²) < 4.78 is 11.8. The number of hydrogen-bond donors (Lipinski definition) is 0. The molecule has 0 aromatic heterocycles. The van der Waals surface area contributed by atoms with Crippen LogP contribution in [0.25, 0.3) is 0 Å². The van der Waals surface area contributed by atoms with Crippen LogP contribution in [0.1, 0.15) is 36.8 Å². The Labute approximate surface area is 156 Å². The molecular weight excluding hydrogens is 326 g/mol. The second kappa shape index (κ2) is 8.06. The summed E-state index contributed by atoms with van der Waals surface area (Å²) in [5, 5.41) is 9.06. The first-order valence-corrected chi connectivity index (χ1v) is 9.94. The third-order valence-electron chi connectivity index (χ3n) is 6.26. The zero-order chi connectivity index (χ0) is 17.8. The summed E-state index contributed by atoms with van der Waals surface area (Å²) in [4.78, 5) is 5.19. The minimum absolute atomic E-state index is 0.0794. The number of benzene rings is 1. The van der Waals surface area contributed by atoms with E-state index in [9.17, 15) is 0 Å². The van der Waals surface area contributed by atoms with Crippen molar-refractivity contribution in [1.82, 2.24) is 9.80 Å². The maximum Gasteiger partial charge on any atom is 0.0991 e. The highest BCUT2D eigenvalue weighted by atomic mass is 16.5. The minimum atomic E-state index is 0.0794. The quantitative estimate of drug-likeness (QED) is 0.833. The van der Waals surface area contributed by atoms with Crippen molar-refractivity contribution in [2.24, 2.45) is 0 Å². The summed E-state index contributed by atoms with van der Waals surface area (Å²) in [6.45, 7) is 8.01. The average molecular weight is 355 g/mol. The molecule has 0 radical (unpaired) electrons. The predicted molar refractivity (Wildman–Crippen MR) is 99.8 cm³/mol. The highest BCUT2D eigenvalue weighted by Crippen LogP contribution is 2.36. The van der Waals surface area contributed by atoms with Gasteiger partial charge in [-0.05, 0) is 43.4 Å². The molecule has 3 heterocycles. The molecule has 140 valence electrons. The lowest BCUT2D eigenvalue weighted by Crippen LogP contribution is -2.55. The topological polar surface area (TPSA) is 48.7 Å². The van der Waals surface area contributed by atoms with Gasteiger partial charge in [0.15, 0.2) is 0 Å². The van der Waals surface area contributed by atoms with E-state index in [1.165, 1.54) is 12.0 Å². The first-order chi connectivity index (χ1) is 12.8. The van der Waals surface area contributed by atoms with Crippen LogP contribution in [0.3, 0.4) is 0 Å². The Morgan fingerprint density at radius 2 is 1.92 bits per heavy atom. The SMILES string of the molecule is N#Cc1cccc(CN2CCN([C@@H]3CCOC4(CCOCC4)C3)CC2)c1. The van der Waals surface area contributed by atoms with Gasteiger partial charge in [-0.2, -0.15) is 5.26 Å². The zero-order valence-corrected chi connectivity index (χ0v) is 15.5. The molecule has 1 aromatic rings. The van der Waals surface area contributed by atoms with Crippen LogP contribution >= 0.6 is 0 Å². The number of piperazine rings is 1. The Morgan fingerprint density at radius 1 is 1.12 bits per heavy atom. The van der Waals surface area contributed by atoms with Gasteiger partial charge in [0.1, 0.15) is 0 Å². The van der Waals surface area contributed by atoms with Crippen molar-refractivity contribution in [1.29, 1.82) is 5.26 Å². The number of nitrogens with zero attached hydrogens (tertiary/aromatic N) is 3. The van der Waals surface area contributed by atoms with Gasteiger partial charge in [-0.3, -0.25) is 9.80 Å². The van der Waals surface area contributed by atoms with E-state index in [0.717, 1.165) is 77.4 Å². The molecule has 5 nitrogen and oxygen atoms in total. The highest BCUT2D eigenvalue weighted by molar-refractivity contribution is 5.32. The Kier molecular flexibility index (Phi) is 5.56. The summed E-state index contributed by atoms with van der Waals surface area (Å²) in [6.07, 6.45) is 4.44. The molecule has 0 aliphatic carbocycles. The average Bonchev–Trinajstić information content (AvgIpc) is 2.69. The maximum absolute atomic E-state index is 9.06. The van der Waals surface area contributed by atoms with Crippen LogP contribution in [0.2, 0.25) is 0 Å². The van der Waals surface area contributed by atoms with Crippen molar-refractivity contribution in [3.8, 4) is 6.07 Å². The van der Waals surface area contributed by atoms with Crippen molar-refractivity contribution in [2.75, 3.05) is 46.0 Å². The molecule has 3 fully saturated rings. The van der Waals surface area contributed by atoms with Crippen molar-refractivity contribution in [2.45, 2.75) is 43.9 Å². The van der Waals surface area contributed by atoms with Gasteiger partial charge >= 0.3 is 0 Å². The maximum atomic E-state index is 9.06. The molecule has 0 amide bonds. The van der Waals surface area contributed by atoms with Gasteiger partial charge in [0.2, 0.25) is 0 Å². The lowest BCUT2D eigenvalue weighted by atomic mass is 9.83. The van der Waals surface area contributed by atoms with Crippen LogP contribution in [0, 0.1) is 11.3 Å². The van der Waals surface area contributed by atoms with E-state index in [4.69, 9.17) is 14.7 Å². The number of nitriles is 1. The Balaban J connectivity index is 1.30. The monoisotopic (exact) mass is 355 g/mol. The highest BCUT2D eigenvalue weighted by Gasteiger charge is 2.41. The van der Waals surface area contributed by atoms with Gasteiger partial charge in [-0.25, -0.2) is 0 Å². The smallest absolute Gasteiger partial charge is 0.0991 e. The number of hydrogen-bond acceptors (Lipinski definition) is 5. The molecule has 1 atom stereocenters. The lowest BCUT2D eigenvalue weighted by Gasteiger charge is -2.48. The van der Waals surface area contributed by atoms with Gasteiger partial charge < -0.3 is 9.47 Å². The lowest BCUT2D eigenvalue weighted by molar-refractivity contribution is -0.153. The fourth-order valence-electron chi connectivity index (χ4n) is 4.69. The van der Waals surface area contributed by atoms with Gasteiger partial charge in [0.05, 0.1) is 17.2 Å². The Bertz CT molecular complexity index is 637. The molecule has 5 heteroatoms. The third kappa shape index (κ3) is 4.10. The Morgan fingerprint density at radius 3 is 2.69 bits per heavy atom. The Hall–Kier alpha value is -1.45. The fourth-order valence-corrected chi connectivity index (χ4v) is 4.69. The molecule has 0 unspecified atom stereocenters. The van der Waals surface area contributed by atoms with E-state index in [1.807, 2.05) is 18.2 Å². The van der Waals surface area contributed by atoms with E-state index in [1.54, 1.807) is 0 Å². The molecule has 4 rings (SSSR count). The molecule has 3 saturated heterocycles. The number of rotatable bonds is 3. The van der Waals surface area contributed by atoms with Gasteiger partial charge in [-0.15, -0.1) is 0 Å². The second-order valence-electron chi connectivity index (χ2n) is 7.91. The van der Waals surface area contributed by atoms with Crippen LogP contribution in [-0.2, 0) is 16.0 Å². The zero-order valence-electron chi connectivity index (χ0n) is 15.5. The number of ether oxygens (including phenoxy) is 2. The molecule has 3 aliphatic rings. The fraction of sp³-hybridized carbons (Fsp3) is 0.667. The standard InChI is InChI=1S/C21H29N3O2/c22-16-18-2-1-3-19(14-18)17-23-7-9-24(10-8-23)20-4-11-26-21(15-20)5-12-25-13-6-21/h1-3,14,20H,4-13,15,17H2/t20-/m1/s1. The van der Waals surface area contributed by atoms with Crippen LogP contribution < -0.4 is 0 Å². The van der Waals surface area contributed by atoms with Crippen LogP contribution in [0.5, 0.6) is 0 Å². The van der Waals surface area contributed by atoms with E-state index in [2.05, 4.69) is 21.9 Å². The van der Waals surface area contributed by atoms with Gasteiger partial charge in [0.25, 0.3) is 0 Å². The van der Waals surface area contributed by atoms with Crippen LogP contribution in [-0.4, -0.2) is 67.4 Å². The van der Waals surface area contributed by atoms with Crippen LogP contribution in [0.4, 0.5) is 0 Å². The summed E-state index contributed by atoms with van der Waals surface area (Å²) >= 11 is 0. The van der Waals surface area contributed by atoms with Crippen molar-refractivity contribution in [3.05, 3.63) is 35.4 Å². The molecule has 0 bridgehead atoms. The van der Waals surface area contributed by atoms with Crippen molar-refractivity contribution < 1.29 is 9.47 Å². The van der Waals surface area contributed by atoms with Gasteiger partial charge in [-0.1, -0.05) is 12.1 Å². The molecule has 0 saturated carbocycles. The van der Waals surface area contributed by atoms with E-state index < -0.39 is 0 Å². The second-order valence-corrected chi connectivity index (χ2v) is 7.91. The van der Waals surface area contributed by atoms with Crippen molar-refractivity contribution in [3.63, 3.8) is 0 Å². The first kappa shape index (κ1) is 17.9. The van der Waals surface area contributed by atoms with Gasteiger partial charge in [0, 0.05) is 58.6 Å². The molecule has 1 spiro atoms. The van der Waals surface area contributed by atoms with E-state index in [-0.39, 0.29) is 5.60 Å². The van der Waals surface area contributed by atoms with E-state index >= 15 is 0 Å². The molecular formula is C21H29N3O2. The van der Waals surface area contributed by atoms with Crippen molar-refractivity contribution >= 4 is 0 Å². The summed E-state index contributed by atoms with van der Waals surface area (Å²) in [5.74, 6) is 0. The predicted octanol–water partition coefficient (Wildman–Crippen LogP) is 2.40. The molecule has 26 heavy (non-hydrogen) atoms. The summed E-state index contributed by atoms with van der Waals surface area (Å²) in [6, 6.07) is 10.9. The van der Waals surface area contributed by atoms with E-state index in [0.29, 0.717) is 6.04 Å². The minimum Gasteiger partial charge on any atom is -0.381 e. The first-order valence-electron chi connectivity index (χ1n) is 9.94.